The average molecular weight is 371 g/mol. The molecule has 4 bridgehead atoms. The number of aliphatic hydroxyl groups is 1. The van der Waals surface area contributed by atoms with E-state index in [0.717, 1.165) is 44.9 Å². The second-order valence-corrected chi connectivity index (χ2v) is 8.98. The smallest absolute Gasteiger partial charge is 0.312 e. The molecule has 2 unspecified atom stereocenters. The van der Waals surface area contributed by atoms with Gasteiger partial charge in [0.1, 0.15) is 0 Å². The number of amides is 1. The maximum Gasteiger partial charge on any atom is 0.312 e. The number of aryl methyl sites for hydroxylation is 1. The standard InChI is InChI=1S/C22H29NO4/c24-19(23-8-4-7-16-5-2-1-3-6-16)14-27-20(25)21-10-17-9-18(11-21)13-22(26,12-17)15-21/h1-3,5-6,17-18,26H,4,7-15H2,(H,23,24). The number of esters is 1. The molecule has 0 radical (unpaired) electrons. The molecule has 1 amide bonds. The molecule has 2 atom stereocenters. The third-order valence-corrected chi connectivity index (χ3v) is 6.60. The molecule has 146 valence electrons. The van der Waals surface area contributed by atoms with E-state index in [1.54, 1.807) is 0 Å². The lowest BCUT2D eigenvalue weighted by molar-refractivity contribution is -0.196. The van der Waals surface area contributed by atoms with E-state index >= 15 is 0 Å². The van der Waals surface area contributed by atoms with Gasteiger partial charge < -0.3 is 15.2 Å². The fourth-order valence-electron chi connectivity index (χ4n) is 5.95. The van der Waals surface area contributed by atoms with E-state index in [9.17, 15) is 14.7 Å². The highest BCUT2D eigenvalue weighted by atomic mass is 16.5. The Morgan fingerprint density at radius 2 is 1.81 bits per heavy atom. The molecule has 4 saturated carbocycles. The first-order valence-electron chi connectivity index (χ1n) is 10.2. The summed E-state index contributed by atoms with van der Waals surface area (Å²) in [6.45, 7) is 0.347. The van der Waals surface area contributed by atoms with Gasteiger partial charge in [0.2, 0.25) is 0 Å². The van der Waals surface area contributed by atoms with Gasteiger partial charge in [-0.05, 0) is 68.8 Å². The van der Waals surface area contributed by atoms with E-state index in [-0.39, 0.29) is 18.5 Å². The van der Waals surface area contributed by atoms with Crippen LogP contribution in [0.1, 0.15) is 50.5 Å². The summed E-state index contributed by atoms with van der Waals surface area (Å²) in [6.07, 6.45) is 6.65. The van der Waals surface area contributed by atoms with Crippen molar-refractivity contribution in [1.82, 2.24) is 5.32 Å². The zero-order valence-corrected chi connectivity index (χ0v) is 15.8. The summed E-state index contributed by atoms with van der Waals surface area (Å²) in [5.41, 5.74) is -0.00666. The van der Waals surface area contributed by atoms with Crippen LogP contribution in [0.5, 0.6) is 0 Å². The molecule has 0 saturated heterocycles. The summed E-state index contributed by atoms with van der Waals surface area (Å²) in [7, 11) is 0. The molecule has 0 aliphatic heterocycles. The lowest BCUT2D eigenvalue weighted by Gasteiger charge is -2.58. The number of rotatable bonds is 7. The second kappa shape index (κ2) is 7.27. The Kier molecular flexibility index (Phi) is 4.97. The first kappa shape index (κ1) is 18.5. The second-order valence-electron chi connectivity index (χ2n) is 8.98. The van der Waals surface area contributed by atoms with Crippen LogP contribution in [0.25, 0.3) is 0 Å². The van der Waals surface area contributed by atoms with Gasteiger partial charge in [-0.3, -0.25) is 9.59 Å². The van der Waals surface area contributed by atoms with Gasteiger partial charge in [-0.2, -0.15) is 0 Å². The molecule has 2 N–H and O–H groups in total. The minimum atomic E-state index is -0.692. The van der Waals surface area contributed by atoms with Gasteiger partial charge in [-0.15, -0.1) is 0 Å². The summed E-state index contributed by atoms with van der Waals surface area (Å²) >= 11 is 0. The Bertz CT molecular complexity index is 688. The fourth-order valence-corrected chi connectivity index (χ4v) is 5.95. The van der Waals surface area contributed by atoms with Gasteiger partial charge in [-0.25, -0.2) is 0 Å². The Hall–Kier alpha value is -1.88. The van der Waals surface area contributed by atoms with Crippen LogP contribution in [0.3, 0.4) is 0 Å². The Labute approximate surface area is 160 Å². The molecule has 0 heterocycles. The van der Waals surface area contributed by atoms with Crippen molar-refractivity contribution in [3.8, 4) is 0 Å². The predicted octanol–water partition coefficient (Wildman–Crippen LogP) is 2.61. The van der Waals surface area contributed by atoms with Crippen LogP contribution in [0, 0.1) is 17.3 Å². The molecule has 5 rings (SSSR count). The van der Waals surface area contributed by atoms with Crippen LogP contribution in [0.2, 0.25) is 0 Å². The highest BCUT2D eigenvalue weighted by Gasteiger charge is 2.60. The van der Waals surface area contributed by atoms with Crippen molar-refractivity contribution in [2.45, 2.75) is 57.0 Å². The van der Waals surface area contributed by atoms with Crippen molar-refractivity contribution in [3.05, 3.63) is 35.9 Å². The molecule has 27 heavy (non-hydrogen) atoms. The number of carbonyl (C=O) groups is 2. The first-order chi connectivity index (χ1) is 13.0. The molecular formula is C22H29NO4. The maximum atomic E-state index is 12.7. The third kappa shape index (κ3) is 4.03. The van der Waals surface area contributed by atoms with E-state index in [1.165, 1.54) is 5.56 Å². The third-order valence-electron chi connectivity index (χ3n) is 6.60. The molecular weight excluding hydrogens is 342 g/mol. The van der Waals surface area contributed by atoms with E-state index in [1.807, 2.05) is 18.2 Å². The maximum absolute atomic E-state index is 12.7. The number of nitrogens with one attached hydrogen (secondary N) is 1. The van der Waals surface area contributed by atoms with Gasteiger partial charge in [0.05, 0.1) is 11.0 Å². The monoisotopic (exact) mass is 371 g/mol. The summed E-state index contributed by atoms with van der Waals surface area (Å²) < 4.78 is 5.39. The fraction of sp³-hybridized carbons (Fsp3) is 0.636. The lowest BCUT2D eigenvalue weighted by Crippen LogP contribution is -2.58. The van der Waals surface area contributed by atoms with Crippen molar-refractivity contribution >= 4 is 11.9 Å². The lowest BCUT2D eigenvalue weighted by atomic mass is 9.48. The topological polar surface area (TPSA) is 75.6 Å². The van der Waals surface area contributed by atoms with Gasteiger partial charge in [0, 0.05) is 6.54 Å². The molecule has 0 aromatic heterocycles. The minimum Gasteiger partial charge on any atom is -0.455 e. The van der Waals surface area contributed by atoms with E-state index in [0.29, 0.717) is 24.8 Å². The number of ether oxygens (including phenoxy) is 1. The van der Waals surface area contributed by atoms with Gasteiger partial charge >= 0.3 is 5.97 Å². The Balaban J connectivity index is 1.21. The van der Waals surface area contributed by atoms with Crippen LogP contribution >= 0.6 is 0 Å². The minimum absolute atomic E-state index is 0.223. The predicted molar refractivity (Wildman–Crippen MR) is 101 cm³/mol. The van der Waals surface area contributed by atoms with Crippen LogP contribution in [0.4, 0.5) is 0 Å². The molecule has 1 aromatic rings. The van der Waals surface area contributed by atoms with Crippen LogP contribution in [-0.2, 0) is 20.7 Å². The summed E-state index contributed by atoms with van der Waals surface area (Å²) in [6, 6.07) is 10.1. The quantitative estimate of drug-likeness (QED) is 0.571. The zero-order chi connectivity index (χ0) is 18.9. The normalized spacial score (nSPS) is 33.7. The van der Waals surface area contributed by atoms with Crippen molar-refractivity contribution in [2.24, 2.45) is 17.3 Å². The average Bonchev–Trinajstić information content (AvgIpc) is 2.62. The number of hydrogen-bond acceptors (Lipinski definition) is 4. The van der Waals surface area contributed by atoms with Crippen molar-refractivity contribution in [1.29, 1.82) is 0 Å². The molecule has 0 spiro atoms. The summed E-state index contributed by atoms with van der Waals surface area (Å²) in [5, 5.41) is 13.6. The highest BCUT2D eigenvalue weighted by molar-refractivity contribution is 5.83. The van der Waals surface area contributed by atoms with Crippen molar-refractivity contribution in [3.63, 3.8) is 0 Å². The van der Waals surface area contributed by atoms with Crippen molar-refractivity contribution < 1.29 is 19.4 Å². The molecule has 1 aromatic carbocycles. The number of benzene rings is 1. The van der Waals surface area contributed by atoms with Crippen LogP contribution in [0.15, 0.2) is 30.3 Å². The van der Waals surface area contributed by atoms with Crippen LogP contribution < -0.4 is 5.32 Å². The van der Waals surface area contributed by atoms with Crippen molar-refractivity contribution in [2.75, 3.05) is 13.2 Å². The van der Waals surface area contributed by atoms with Gasteiger partial charge in [-0.1, -0.05) is 30.3 Å². The largest absolute Gasteiger partial charge is 0.455 e. The molecule has 5 heteroatoms. The van der Waals surface area contributed by atoms with Crippen LogP contribution in [-0.4, -0.2) is 35.7 Å². The summed E-state index contributed by atoms with van der Waals surface area (Å²) in [4.78, 5) is 24.8. The van der Waals surface area contributed by atoms with Gasteiger partial charge in [0.25, 0.3) is 5.91 Å². The Morgan fingerprint density at radius 3 is 2.48 bits per heavy atom. The summed E-state index contributed by atoms with van der Waals surface area (Å²) in [5.74, 6) is 0.320. The van der Waals surface area contributed by atoms with E-state index in [4.69, 9.17) is 4.74 Å². The molecule has 5 nitrogen and oxygen atoms in total. The highest BCUT2D eigenvalue weighted by Crippen LogP contribution is 2.61. The zero-order valence-electron chi connectivity index (χ0n) is 15.8. The first-order valence-corrected chi connectivity index (χ1v) is 10.2. The molecule has 4 aliphatic carbocycles. The SMILES string of the molecule is O=C(COC(=O)C12CC3CC(CC(O)(C3)C1)C2)NCCCc1ccccc1. The number of hydrogen-bond donors (Lipinski definition) is 2. The van der Waals surface area contributed by atoms with E-state index < -0.39 is 11.0 Å². The molecule has 4 aliphatic rings. The van der Waals surface area contributed by atoms with E-state index in [2.05, 4.69) is 17.4 Å². The Morgan fingerprint density at radius 1 is 1.11 bits per heavy atom. The molecule has 4 fully saturated rings. The number of carbonyl (C=O) groups excluding carboxylic acids is 2. The van der Waals surface area contributed by atoms with Gasteiger partial charge in [0.15, 0.2) is 6.61 Å².